The third kappa shape index (κ3) is 9.08. The highest BCUT2D eigenvalue weighted by Crippen LogP contribution is 2.52. The molecule has 2 unspecified atom stereocenters. The zero-order valence-corrected chi connectivity index (χ0v) is 45.8. The first-order valence-corrected chi connectivity index (χ1v) is 29.9. The van der Waals surface area contributed by atoms with E-state index in [0.29, 0.717) is 36.1 Å². The molecule has 0 saturated heterocycles. The molecular formula is C66H60N2O2S4. The van der Waals surface area contributed by atoms with Crippen molar-refractivity contribution in [2.24, 2.45) is 11.8 Å². The van der Waals surface area contributed by atoms with Crippen molar-refractivity contribution in [2.45, 2.75) is 79.1 Å². The minimum absolute atomic E-state index is 0.0349. The van der Waals surface area contributed by atoms with Gasteiger partial charge in [0.2, 0.25) is 0 Å². The van der Waals surface area contributed by atoms with Crippen molar-refractivity contribution in [3.63, 3.8) is 0 Å². The van der Waals surface area contributed by atoms with Gasteiger partial charge in [0.1, 0.15) is 0 Å². The van der Waals surface area contributed by atoms with Crippen LogP contribution >= 0.6 is 45.3 Å². The molecule has 0 saturated carbocycles. The summed E-state index contributed by atoms with van der Waals surface area (Å²) in [5.74, 6) is 0.578. The molecule has 0 bridgehead atoms. The first-order valence-electron chi connectivity index (χ1n) is 26.7. The highest BCUT2D eigenvalue weighted by molar-refractivity contribution is 7.25. The monoisotopic (exact) mass is 1040 g/mol. The number of thiophene rings is 4. The zero-order valence-electron chi connectivity index (χ0n) is 42.6. The van der Waals surface area contributed by atoms with E-state index in [4.69, 9.17) is 0 Å². The molecule has 8 heteroatoms. The van der Waals surface area contributed by atoms with E-state index in [1.165, 1.54) is 73.7 Å². The lowest BCUT2D eigenvalue weighted by molar-refractivity contribution is -0.124. The van der Waals surface area contributed by atoms with Crippen LogP contribution in [0.2, 0.25) is 0 Å². The maximum absolute atomic E-state index is 15.6. The number of nitrogens with zero attached hydrogens (tertiary/aromatic N) is 2. The second kappa shape index (κ2) is 20.7. The number of carbonyl (C=O) groups is 2. The van der Waals surface area contributed by atoms with E-state index in [-0.39, 0.29) is 11.8 Å². The molecule has 4 aromatic heterocycles. The number of unbranched alkanes of at least 4 members (excludes halogenated alkanes) is 2. The highest BCUT2D eigenvalue weighted by Gasteiger charge is 2.50. The molecule has 0 N–H and O–H groups in total. The molecule has 2 aliphatic heterocycles. The Bertz CT molecular complexity index is 3590. The van der Waals surface area contributed by atoms with Crippen LogP contribution in [0.15, 0.2) is 169 Å². The molecule has 10 aromatic rings. The molecule has 74 heavy (non-hydrogen) atoms. The Morgan fingerprint density at radius 3 is 1.05 bits per heavy atom. The van der Waals surface area contributed by atoms with E-state index in [0.717, 1.165) is 82.3 Å². The average molecular weight is 1040 g/mol. The first-order chi connectivity index (χ1) is 36.3. The van der Waals surface area contributed by atoms with Crippen LogP contribution in [0.25, 0.3) is 94.9 Å². The number of benzene rings is 6. The largest absolute Gasteiger partial charge is 0.306 e. The lowest BCUT2D eigenvalue weighted by Gasteiger charge is -2.29. The second-order valence-electron chi connectivity index (χ2n) is 20.3. The summed E-state index contributed by atoms with van der Waals surface area (Å²) in [6, 6.07) is 57.5. The minimum atomic E-state index is -0.0349. The number of hydrogen-bond acceptors (Lipinski definition) is 6. The number of fused-ring (bicyclic) bond motifs is 5. The molecule has 0 fully saturated rings. The van der Waals surface area contributed by atoms with E-state index in [1.807, 2.05) is 9.80 Å². The van der Waals surface area contributed by atoms with E-state index >= 15 is 9.59 Å². The minimum Gasteiger partial charge on any atom is -0.306 e. The van der Waals surface area contributed by atoms with Crippen LogP contribution in [0.3, 0.4) is 0 Å². The molecule has 370 valence electrons. The Morgan fingerprint density at radius 1 is 0.365 bits per heavy atom. The van der Waals surface area contributed by atoms with Crippen LogP contribution in [0.5, 0.6) is 0 Å². The Kier molecular flexibility index (Phi) is 13.6. The number of amides is 2. The van der Waals surface area contributed by atoms with Crippen LogP contribution in [-0.2, 0) is 9.59 Å². The van der Waals surface area contributed by atoms with E-state index in [9.17, 15) is 0 Å². The number of carbonyl (C=O) groups excluding carboxylic acids is 2. The van der Waals surface area contributed by atoms with Gasteiger partial charge < -0.3 is 9.80 Å². The van der Waals surface area contributed by atoms with Gasteiger partial charge in [0.15, 0.2) is 0 Å². The molecule has 0 radical (unpaired) electrons. The third-order valence-electron chi connectivity index (χ3n) is 15.5. The van der Waals surface area contributed by atoms with E-state index in [2.05, 4.69) is 185 Å². The lowest BCUT2D eigenvalue weighted by Crippen LogP contribution is -2.34. The maximum Gasteiger partial charge on any atom is 0.261 e. The first kappa shape index (κ1) is 48.5. The predicted molar refractivity (Wildman–Crippen MR) is 320 cm³/mol. The molecule has 2 atom stereocenters. The summed E-state index contributed by atoms with van der Waals surface area (Å²) >= 11 is 7.01. The van der Waals surface area contributed by atoms with Crippen LogP contribution in [0.1, 0.15) is 88.8 Å². The standard InChI is InChI=1S/C66H60N2O2S4/c1-5-9-15-41(7-3)39-67-63(59-31-29-57(73-59)55-27-25-53(71-55)49-23-21-47-33-43-17-11-13-19-45(43)35-51(47)37-49)61-62(65(67)69)64(68(66(61)70)40-42(8-4)16-10-6-2)60-32-30-58(74-60)56-28-26-54(72-56)50-24-22-48-34-44-18-12-14-20-46(44)36-52(48)38-50/h11-14,17-38,41-42H,5-10,15-16,39-40H2,1-4H3. The van der Waals surface area contributed by atoms with Crippen molar-refractivity contribution in [2.75, 3.05) is 13.1 Å². The van der Waals surface area contributed by atoms with Gasteiger partial charge >= 0.3 is 0 Å². The third-order valence-corrected chi connectivity index (χ3v) is 20.3. The maximum atomic E-state index is 15.6. The molecule has 4 nitrogen and oxygen atoms in total. The molecule has 2 aliphatic rings. The summed E-state index contributed by atoms with van der Waals surface area (Å²) in [6.45, 7) is 10.2. The fourth-order valence-corrected chi connectivity index (χ4v) is 15.6. The van der Waals surface area contributed by atoms with Crippen molar-refractivity contribution in [3.8, 4) is 40.4 Å². The van der Waals surface area contributed by atoms with Gasteiger partial charge in [0.25, 0.3) is 11.8 Å². The van der Waals surface area contributed by atoms with Gasteiger partial charge in [0.05, 0.1) is 32.3 Å². The van der Waals surface area contributed by atoms with Crippen molar-refractivity contribution in [1.82, 2.24) is 9.80 Å². The normalized spacial score (nSPS) is 14.8. The quantitative estimate of drug-likeness (QED) is 0.0804. The second-order valence-corrected chi connectivity index (χ2v) is 24.6. The Balaban J connectivity index is 0.922. The van der Waals surface area contributed by atoms with E-state index < -0.39 is 0 Å². The zero-order chi connectivity index (χ0) is 50.5. The molecule has 12 rings (SSSR count). The van der Waals surface area contributed by atoms with Crippen molar-refractivity contribution >= 4 is 112 Å². The molecule has 6 aromatic carbocycles. The summed E-state index contributed by atoms with van der Waals surface area (Å²) < 4.78 is 0. The van der Waals surface area contributed by atoms with Gasteiger partial charge in [-0.05, 0) is 164 Å². The Hall–Kier alpha value is -6.42. The Labute approximate surface area is 450 Å². The fraction of sp³-hybridized carbons (Fsp3) is 0.242. The fourth-order valence-electron chi connectivity index (χ4n) is 11.2. The van der Waals surface area contributed by atoms with E-state index in [1.54, 1.807) is 45.3 Å². The smallest absolute Gasteiger partial charge is 0.261 e. The van der Waals surface area contributed by atoms with Gasteiger partial charge in [-0.15, -0.1) is 45.3 Å². The van der Waals surface area contributed by atoms with Crippen LogP contribution in [0.4, 0.5) is 0 Å². The predicted octanol–water partition coefficient (Wildman–Crippen LogP) is 19.5. The highest BCUT2D eigenvalue weighted by atomic mass is 32.1. The topological polar surface area (TPSA) is 40.6 Å². The van der Waals surface area contributed by atoms with Crippen LogP contribution in [-0.4, -0.2) is 34.7 Å². The van der Waals surface area contributed by atoms with Crippen LogP contribution < -0.4 is 0 Å². The summed E-state index contributed by atoms with van der Waals surface area (Å²) in [5.41, 5.74) is 5.17. The van der Waals surface area contributed by atoms with Crippen molar-refractivity contribution in [1.29, 1.82) is 0 Å². The van der Waals surface area contributed by atoms with Gasteiger partial charge in [0, 0.05) is 42.4 Å². The summed E-state index contributed by atoms with van der Waals surface area (Å²) in [6.07, 6.45) is 8.48. The van der Waals surface area contributed by atoms with Crippen molar-refractivity contribution in [3.05, 3.63) is 179 Å². The molecular weight excluding hydrogens is 981 g/mol. The van der Waals surface area contributed by atoms with Gasteiger partial charge in [-0.25, -0.2) is 0 Å². The summed E-state index contributed by atoms with van der Waals surface area (Å²) in [4.78, 5) is 44.2. The molecule has 0 spiro atoms. The number of rotatable bonds is 18. The SMILES string of the molecule is CCCCC(CC)CN1C(=O)C2=C(c3ccc(-c4ccc(-c5ccc6cc7ccccc7cc6c5)s4)s3)N(CC(CC)CCCC)C(=O)C2=C1c1ccc(-c2ccc(-c3ccc4cc5ccccc5cc4c3)s2)s1. The Morgan fingerprint density at radius 2 is 0.689 bits per heavy atom. The summed E-state index contributed by atoms with van der Waals surface area (Å²) in [7, 11) is 0. The molecule has 6 heterocycles. The number of hydrogen-bond donors (Lipinski definition) is 0. The average Bonchev–Trinajstić information content (AvgIpc) is 4.34. The molecule has 0 aliphatic carbocycles. The summed E-state index contributed by atoms with van der Waals surface area (Å²) in [5, 5.41) is 9.94. The van der Waals surface area contributed by atoms with Gasteiger partial charge in [-0.3, -0.25) is 9.59 Å². The van der Waals surface area contributed by atoms with Crippen LogP contribution in [0, 0.1) is 11.8 Å². The lowest BCUT2D eigenvalue weighted by atomic mass is 9.98. The van der Waals surface area contributed by atoms with Gasteiger partial charge in [-0.2, -0.15) is 0 Å². The van der Waals surface area contributed by atoms with Gasteiger partial charge in [-0.1, -0.05) is 139 Å². The van der Waals surface area contributed by atoms with Crippen molar-refractivity contribution < 1.29 is 9.59 Å². The molecule has 2 amide bonds.